The van der Waals surface area contributed by atoms with Crippen LogP contribution in [0.2, 0.25) is 0 Å². The van der Waals surface area contributed by atoms with E-state index in [0.29, 0.717) is 17.2 Å². The molecule has 3 aromatic rings. The molecule has 144 valence electrons. The third-order valence-corrected chi connectivity index (χ3v) is 4.29. The predicted molar refractivity (Wildman–Crippen MR) is 107 cm³/mol. The number of anilines is 1. The molecule has 6 nitrogen and oxygen atoms in total. The van der Waals surface area contributed by atoms with Gasteiger partial charge in [-0.05, 0) is 48.0 Å². The van der Waals surface area contributed by atoms with Gasteiger partial charge in [0.15, 0.2) is 17.6 Å². The monoisotopic (exact) mass is 379 g/mol. The molecule has 1 amide bonds. The van der Waals surface area contributed by atoms with Gasteiger partial charge < -0.3 is 19.5 Å². The number of carbonyl (C=O) groups is 2. The molecule has 28 heavy (non-hydrogen) atoms. The van der Waals surface area contributed by atoms with E-state index in [-0.39, 0.29) is 5.56 Å². The van der Waals surface area contributed by atoms with Gasteiger partial charge in [-0.3, -0.25) is 4.79 Å². The van der Waals surface area contributed by atoms with Crippen LogP contribution < -0.4 is 14.8 Å². The van der Waals surface area contributed by atoms with Crippen molar-refractivity contribution in [2.75, 3.05) is 19.5 Å². The van der Waals surface area contributed by atoms with Crippen LogP contribution in [0.3, 0.4) is 0 Å². The van der Waals surface area contributed by atoms with Gasteiger partial charge in [0.1, 0.15) is 0 Å². The number of benzene rings is 3. The Labute approximate surface area is 163 Å². The minimum Gasteiger partial charge on any atom is -0.493 e. The van der Waals surface area contributed by atoms with Crippen molar-refractivity contribution in [1.29, 1.82) is 0 Å². The summed E-state index contributed by atoms with van der Waals surface area (Å²) in [6.07, 6.45) is -0.966. The van der Waals surface area contributed by atoms with Crippen LogP contribution in [-0.4, -0.2) is 32.2 Å². The topological polar surface area (TPSA) is 73.9 Å². The highest BCUT2D eigenvalue weighted by Gasteiger charge is 2.20. The van der Waals surface area contributed by atoms with Crippen molar-refractivity contribution in [3.8, 4) is 11.5 Å². The number of amides is 1. The van der Waals surface area contributed by atoms with E-state index in [1.165, 1.54) is 27.2 Å². The molecule has 1 N–H and O–H groups in total. The highest BCUT2D eigenvalue weighted by molar-refractivity contribution is 5.99. The van der Waals surface area contributed by atoms with Gasteiger partial charge in [0.2, 0.25) is 0 Å². The molecule has 0 saturated carbocycles. The minimum absolute atomic E-state index is 0.267. The highest BCUT2D eigenvalue weighted by Crippen LogP contribution is 2.28. The quantitative estimate of drug-likeness (QED) is 0.654. The van der Waals surface area contributed by atoms with Crippen LogP contribution in [-0.2, 0) is 9.53 Å². The van der Waals surface area contributed by atoms with Gasteiger partial charge in [-0.1, -0.05) is 30.3 Å². The zero-order valence-electron chi connectivity index (χ0n) is 15.9. The summed E-state index contributed by atoms with van der Waals surface area (Å²) in [6, 6.07) is 18.1. The van der Waals surface area contributed by atoms with Gasteiger partial charge in [-0.2, -0.15) is 0 Å². The highest BCUT2D eigenvalue weighted by atomic mass is 16.5. The Kier molecular flexibility index (Phi) is 5.79. The number of ether oxygens (including phenoxy) is 3. The number of fused-ring (bicyclic) bond motifs is 1. The predicted octanol–water partition coefficient (Wildman–Crippen LogP) is 4.04. The summed E-state index contributed by atoms with van der Waals surface area (Å²) in [7, 11) is 2.99. The molecule has 3 aromatic carbocycles. The zero-order valence-corrected chi connectivity index (χ0v) is 15.9. The maximum Gasteiger partial charge on any atom is 0.339 e. The summed E-state index contributed by atoms with van der Waals surface area (Å²) >= 11 is 0. The Balaban J connectivity index is 1.66. The molecule has 0 spiro atoms. The van der Waals surface area contributed by atoms with Crippen molar-refractivity contribution in [2.24, 2.45) is 0 Å². The van der Waals surface area contributed by atoms with E-state index < -0.39 is 18.0 Å². The molecule has 0 aliphatic carbocycles. The molecule has 3 rings (SSSR count). The lowest BCUT2D eigenvalue weighted by Gasteiger charge is -2.15. The van der Waals surface area contributed by atoms with Crippen molar-refractivity contribution in [3.63, 3.8) is 0 Å². The molecular weight excluding hydrogens is 358 g/mol. The molecule has 0 fully saturated rings. The molecule has 0 aliphatic heterocycles. The fourth-order valence-corrected chi connectivity index (χ4v) is 2.76. The Morgan fingerprint density at radius 3 is 2.29 bits per heavy atom. The lowest BCUT2D eigenvalue weighted by molar-refractivity contribution is -0.123. The Hall–Kier alpha value is -3.54. The second-order valence-electron chi connectivity index (χ2n) is 6.17. The van der Waals surface area contributed by atoms with E-state index in [1.807, 2.05) is 42.5 Å². The molecular formula is C22H21NO5. The van der Waals surface area contributed by atoms with Gasteiger partial charge >= 0.3 is 5.97 Å². The summed E-state index contributed by atoms with van der Waals surface area (Å²) in [5.74, 6) is -0.127. The molecule has 0 saturated heterocycles. The summed E-state index contributed by atoms with van der Waals surface area (Å²) in [5, 5.41) is 4.86. The van der Waals surface area contributed by atoms with E-state index >= 15 is 0 Å². The molecule has 1 atom stereocenters. The second kappa shape index (κ2) is 8.43. The molecule has 0 aromatic heterocycles. The van der Waals surface area contributed by atoms with Crippen LogP contribution in [0, 0.1) is 0 Å². The van der Waals surface area contributed by atoms with E-state index in [2.05, 4.69) is 5.32 Å². The Morgan fingerprint density at radius 2 is 1.57 bits per heavy atom. The molecule has 0 unspecified atom stereocenters. The first-order valence-corrected chi connectivity index (χ1v) is 8.74. The molecule has 0 bridgehead atoms. The van der Waals surface area contributed by atoms with E-state index in [0.717, 1.165) is 10.8 Å². The third-order valence-electron chi connectivity index (χ3n) is 4.29. The van der Waals surface area contributed by atoms with Gasteiger partial charge in [0.05, 0.1) is 19.8 Å². The van der Waals surface area contributed by atoms with Crippen molar-refractivity contribution >= 4 is 28.3 Å². The number of esters is 1. The van der Waals surface area contributed by atoms with Crippen LogP contribution in [0.1, 0.15) is 17.3 Å². The van der Waals surface area contributed by atoms with E-state index in [1.54, 1.807) is 12.1 Å². The van der Waals surface area contributed by atoms with Crippen LogP contribution in [0.15, 0.2) is 60.7 Å². The smallest absolute Gasteiger partial charge is 0.339 e. The van der Waals surface area contributed by atoms with Crippen LogP contribution >= 0.6 is 0 Å². The van der Waals surface area contributed by atoms with Crippen LogP contribution in [0.25, 0.3) is 10.8 Å². The summed E-state index contributed by atoms with van der Waals surface area (Å²) in [4.78, 5) is 24.8. The summed E-state index contributed by atoms with van der Waals surface area (Å²) < 4.78 is 15.6. The van der Waals surface area contributed by atoms with E-state index in [9.17, 15) is 9.59 Å². The molecule has 0 aliphatic rings. The first kappa shape index (κ1) is 19.2. The molecule has 0 heterocycles. The number of rotatable bonds is 6. The maximum atomic E-state index is 12.4. The van der Waals surface area contributed by atoms with E-state index in [4.69, 9.17) is 14.2 Å². The maximum absolute atomic E-state index is 12.4. The average molecular weight is 379 g/mol. The van der Waals surface area contributed by atoms with Crippen molar-refractivity contribution < 1.29 is 23.8 Å². The van der Waals surface area contributed by atoms with Gasteiger partial charge in [0, 0.05) is 5.69 Å². The van der Waals surface area contributed by atoms with Gasteiger partial charge in [0.25, 0.3) is 5.91 Å². The fraction of sp³-hybridized carbons (Fsp3) is 0.182. The van der Waals surface area contributed by atoms with Crippen LogP contribution in [0.5, 0.6) is 11.5 Å². The SMILES string of the molecule is COc1ccc(C(=O)O[C@H](C)C(=O)Nc2ccc3ccccc3c2)cc1OC. The zero-order chi connectivity index (χ0) is 20.1. The lowest BCUT2D eigenvalue weighted by Crippen LogP contribution is -2.30. The normalized spacial score (nSPS) is 11.5. The standard InChI is InChI=1S/C22H21NO5/c1-14(28-22(25)17-9-11-19(26-2)20(13-17)27-3)21(24)23-18-10-8-15-6-4-5-7-16(15)12-18/h4-14H,1-3H3,(H,23,24)/t14-/m1/s1. The summed E-state index contributed by atoms with van der Waals surface area (Å²) in [5.41, 5.74) is 0.903. The second-order valence-corrected chi connectivity index (χ2v) is 6.17. The third kappa shape index (κ3) is 4.23. The molecule has 0 radical (unpaired) electrons. The van der Waals surface area contributed by atoms with Gasteiger partial charge in [-0.15, -0.1) is 0 Å². The Bertz CT molecular complexity index is 1010. The van der Waals surface area contributed by atoms with Gasteiger partial charge in [-0.25, -0.2) is 4.79 Å². The van der Waals surface area contributed by atoms with Crippen molar-refractivity contribution in [1.82, 2.24) is 0 Å². The van der Waals surface area contributed by atoms with Crippen LogP contribution in [0.4, 0.5) is 5.69 Å². The lowest BCUT2D eigenvalue weighted by atomic mass is 10.1. The van der Waals surface area contributed by atoms with Crippen molar-refractivity contribution in [3.05, 3.63) is 66.2 Å². The first-order valence-electron chi connectivity index (χ1n) is 8.74. The largest absolute Gasteiger partial charge is 0.493 e. The number of methoxy groups -OCH3 is 2. The Morgan fingerprint density at radius 1 is 0.857 bits per heavy atom. The fourth-order valence-electron chi connectivity index (χ4n) is 2.76. The minimum atomic E-state index is -0.966. The number of nitrogens with one attached hydrogen (secondary N) is 1. The number of carbonyl (C=O) groups excluding carboxylic acids is 2. The molecule has 6 heteroatoms. The first-order chi connectivity index (χ1) is 13.5. The number of hydrogen-bond acceptors (Lipinski definition) is 5. The summed E-state index contributed by atoms with van der Waals surface area (Å²) in [6.45, 7) is 1.52. The van der Waals surface area contributed by atoms with Crippen molar-refractivity contribution in [2.45, 2.75) is 13.0 Å². The average Bonchev–Trinajstić information content (AvgIpc) is 2.72. The number of hydrogen-bond donors (Lipinski definition) is 1.